The molecule has 0 bridgehead atoms. The minimum atomic E-state index is -0.654. The zero-order valence-corrected chi connectivity index (χ0v) is 19.7. The minimum Gasteiger partial charge on any atom is -0.465 e. The topological polar surface area (TPSA) is 100 Å². The molecule has 1 atom stereocenters. The van der Waals surface area contributed by atoms with Crippen LogP contribution in [-0.4, -0.2) is 51.2 Å². The number of anilines is 2. The molecule has 1 aliphatic rings. The van der Waals surface area contributed by atoms with E-state index in [1.54, 1.807) is 37.2 Å². The number of nitrogens with one attached hydrogen (secondary N) is 2. The van der Waals surface area contributed by atoms with E-state index in [2.05, 4.69) is 10.6 Å². The molecule has 0 radical (unpaired) electrons. The molecule has 3 aromatic carbocycles. The van der Waals surface area contributed by atoms with Gasteiger partial charge >= 0.3 is 5.97 Å². The number of aliphatic imine (C=N–C) groups is 1. The van der Waals surface area contributed by atoms with Crippen LogP contribution in [0.25, 0.3) is 0 Å². The summed E-state index contributed by atoms with van der Waals surface area (Å²) < 4.78 is 4.80. The maximum Gasteiger partial charge on any atom is 0.337 e. The molecular formula is C27H26N4O4. The van der Waals surface area contributed by atoms with Gasteiger partial charge in [0, 0.05) is 18.4 Å². The maximum atomic E-state index is 13.1. The quantitative estimate of drug-likeness (QED) is 0.407. The molecular weight excluding hydrogens is 444 g/mol. The van der Waals surface area contributed by atoms with Crippen LogP contribution in [0.5, 0.6) is 0 Å². The SMILES string of the molecule is CNCC(=O)N(C)c1ccc(N=C(c2ccccc2)C2C(=O)Nc3cc(C(=O)OC)ccc32)cc1. The average molecular weight is 471 g/mol. The number of amides is 2. The number of fused-ring (bicyclic) bond motifs is 1. The van der Waals surface area contributed by atoms with E-state index in [0.29, 0.717) is 22.6 Å². The first-order valence-electron chi connectivity index (χ1n) is 11.1. The smallest absolute Gasteiger partial charge is 0.337 e. The first-order valence-corrected chi connectivity index (χ1v) is 11.1. The lowest BCUT2D eigenvalue weighted by atomic mass is 9.90. The predicted molar refractivity (Wildman–Crippen MR) is 136 cm³/mol. The third kappa shape index (κ3) is 4.97. The van der Waals surface area contributed by atoms with Crippen LogP contribution in [-0.2, 0) is 14.3 Å². The second-order valence-corrected chi connectivity index (χ2v) is 8.08. The van der Waals surface area contributed by atoms with Crippen LogP contribution in [0.2, 0.25) is 0 Å². The summed E-state index contributed by atoms with van der Waals surface area (Å²) in [5.41, 5.74) is 4.44. The van der Waals surface area contributed by atoms with Crippen molar-refractivity contribution in [2.24, 2.45) is 4.99 Å². The van der Waals surface area contributed by atoms with Gasteiger partial charge in [-0.15, -0.1) is 0 Å². The Labute approximate surface area is 203 Å². The number of carbonyl (C=O) groups is 3. The Balaban J connectivity index is 1.73. The third-order valence-corrected chi connectivity index (χ3v) is 5.84. The fraction of sp³-hybridized carbons (Fsp3) is 0.185. The Morgan fingerprint density at radius 3 is 2.40 bits per heavy atom. The van der Waals surface area contributed by atoms with Gasteiger partial charge in [-0.2, -0.15) is 0 Å². The number of benzene rings is 3. The molecule has 8 nitrogen and oxygen atoms in total. The number of nitrogens with zero attached hydrogens (tertiary/aromatic N) is 2. The van der Waals surface area contributed by atoms with Gasteiger partial charge in [-0.25, -0.2) is 4.79 Å². The zero-order chi connectivity index (χ0) is 24.9. The summed E-state index contributed by atoms with van der Waals surface area (Å²) in [6.45, 7) is 0.239. The average Bonchev–Trinajstić information content (AvgIpc) is 3.22. The van der Waals surface area contributed by atoms with Gasteiger partial charge in [-0.05, 0) is 54.6 Å². The summed E-state index contributed by atoms with van der Waals surface area (Å²) in [4.78, 5) is 43.6. The summed E-state index contributed by atoms with van der Waals surface area (Å²) in [5, 5.41) is 5.73. The summed E-state index contributed by atoms with van der Waals surface area (Å²) >= 11 is 0. The molecule has 0 saturated carbocycles. The zero-order valence-electron chi connectivity index (χ0n) is 19.7. The van der Waals surface area contributed by atoms with Gasteiger partial charge in [0.15, 0.2) is 0 Å². The Kier molecular flexibility index (Phi) is 7.03. The van der Waals surface area contributed by atoms with E-state index in [1.165, 1.54) is 7.11 Å². The number of methoxy groups -OCH3 is 1. The summed E-state index contributed by atoms with van der Waals surface area (Å²) in [6.07, 6.45) is 0. The molecule has 0 aromatic heterocycles. The highest BCUT2D eigenvalue weighted by Gasteiger charge is 2.36. The largest absolute Gasteiger partial charge is 0.465 e. The van der Waals surface area contributed by atoms with Crippen molar-refractivity contribution in [3.05, 3.63) is 89.5 Å². The van der Waals surface area contributed by atoms with Gasteiger partial charge in [-0.3, -0.25) is 14.6 Å². The van der Waals surface area contributed by atoms with Crippen LogP contribution in [0.1, 0.15) is 27.4 Å². The van der Waals surface area contributed by atoms with Crippen LogP contribution in [0.15, 0.2) is 77.8 Å². The van der Waals surface area contributed by atoms with E-state index in [-0.39, 0.29) is 18.4 Å². The van der Waals surface area contributed by atoms with Crippen LogP contribution in [0.3, 0.4) is 0 Å². The van der Waals surface area contributed by atoms with Crippen molar-refractivity contribution >= 4 is 40.6 Å². The minimum absolute atomic E-state index is 0.0562. The van der Waals surface area contributed by atoms with E-state index < -0.39 is 11.9 Å². The lowest BCUT2D eigenvalue weighted by molar-refractivity contribution is -0.117. The van der Waals surface area contributed by atoms with Crippen LogP contribution < -0.4 is 15.5 Å². The lowest BCUT2D eigenvalue weighted by Gasteiger charge is -2.17. The molecule has 0 saturated heterocycles. The van der Waals surface area contributed by atoms with Crippen molar-refractivity contribution in [1.82, 2.24) is 5.32 Å². The summed E-state index contributed by atoms with van der Waals surface area (Å²) in [7, 11) is 4.76. The molecule has 1 heterocycles. The number of carbonyl (C=O) groups excluding carboxylic acids is 3. The molecule has 4 rings (SSSR count). The van der Waals surface area contributed by atoms with Crippen LogP contribution >= 0.6 is 0 Å². The fourth-order valence-electron chi connectivity index (χ4n) is 3.99. The second-order valence-electron chi connectivity index (χ2n) is 8.08. The summed E-state index contributed by atoms with van der Waals surface area (Å²) in [5.74, 6) is -1.41. The van der Waals surface area contributed by atoms with Crippen molar-refractivity contribution in [2.45, 2.75) is 5.92 Å². The molecule has 2 N–H and O–H groups in total. The van der Waals surface area contributed by atoms with Crippen molar-refractivity contribution < 1.29 is 19.1 Å². The van der Waals surface area contributed by atoms with Crippen molar-refractivity contribution in [3.8, 4) is 0 Å². The Morgan fingerprint density at radius 1 is 1.03 bits per heavy atom. The molecule has 178 valence electrons. The van der Waals surface area contributed by atoms with Gasteiger partial charge in [0.25, 0.3) is 0 Å². The number of hydrogen-bond acceptors (Lipinski definition) is 6. The Bertz CT molecular complexity index is 1290. The molecule has 1 aliphatic heterocycles. The van der Waals surface area contributed by atoms with E-state index in [0.717, 1.165) is 16.8 Å². The van der Waals surface area contributed by atoms with Gasteiger partial charge in [0.05, 0.1) is 30.6 Å². The van der Waals surface area contributed by atoms with Gasteiger partial charge in [0.1, 0.15) is 5.92 Å². The number of esters is 1. The first kappa shape index (κ1) is 23.8. The molecule has 35 heavy (non-hydrogen) atoms. The second kappa shape index (κ2) is 10.3. The molecule has 1 unspecified atom stereocenters. The highest BCUT2D eigenvalue weighted by molar-refractivity contribution is 6.24. The molecule has 3 aromatic rings. The highest BCUT2D eigenvalue weighted by Crippen LogP contribution is 2.37. The molecule has 0 spiro atoms. The van der Waals surface area contributed by atoms with Crippen LogP contribution in [0, 0.1) is 0 Å². The number of rotatable bonds is 7. The molecule has 0 fully saturated rings. The molecule has 8 heteroatoms. The normalized spacial score (nSPS) is 14.8. The standard InChI is InChI=1S/C27H26N4O4/c1-28-16-23(32)31(2)20-12-10-19(11-13-20)29-25(17-7-5-4-6-8-17)24-21-14-9-18(27(34)35-3)15-22(21)30-26(24)33/h4-15,24,28H,16H2,1-3H3,(H,30,33). The Hall–Kier alpha value is -4.30. The van der Waals surface area contributed by atoms with Gasteiger partial charge < -0.3 is 20.3 Å². The van der Waals surface area contributed by atoms with Crippen molar-refractivity contribution in [1.29, 1.82) is 0 Å². The van der Waals surface area contributed by atoms with E-state index in [1.807, 2.05) is 54.6 Å². The monoisotopic (exact) mass is 470 g/mol. The number of likely N-dealkylation sites (N-methyl/N-ethyl adjacent to an activating group) is 2. The van der Waals surface area contributed by atoms with E-state index >= 15 is 0 Å². The van der Waals surface area contributed by atoms with Crippen molar-refractivity contribution in [2.75, 3.05) is 38.0 Å². The molecule has 2 amide bonds. The Morgan fingerprint density at radius 2 is 1.74 bits per heavy atom. The highest BCUT2D eigenvalue weighted by atomic mass is 16.5. The van der Waals surface area contributed by atoms with Crippen molar-refractivity contribution in [3.63, 3.8) is 0 Å². The van der Waals surface area contributed by atoms with E-state index in [9.17, 15) is 14.4 Å². The lowest BCUT2D eigenvalue weighted by Crippen LogP contribution is -2.33. The van der Waals surface area contributed by atoms with Gasteiger partial charge in [-0.1, -0.05) is 36.4 Å². The van der Waals surface area contributed by atoms with E-state index in [4.69, 9.17) is 9.73 Å². The predicted octanol–water partition coefficient (Wildman–Crippen LogP) is 3.51. The fourth-order valence-corrected chi connectivity index (χ4v) is 3.99. The number of hydrogen-bond donors (Lipinski definition) is 2. The molecule has 0 aliphatic carbocycles. The summed E-state index contributed by atoms with van der Waals surface area (Å²) in [6, 6.07) is 21.8. The number of ether oxygens (including phenoxy) is 1. The first-order chi connectivity index (χ1) is 16.9. The third-order valence-electron chi connectivity index (χ3n) is 5.84. The maximum absolute atomic E-state index is 13.1. The van der Waals surface area contributed by atoms with Gasteiger partial charge in [0.2, 0.25) is 11.8 Å². The van der Waals surface area contributed by atoms with Crippen LogP contribution in [0.4, 0.5) is 17.1 Å².